The van der Waals surface area contributed by atoms with E-state index in [1.807, 2.05) is 72.8 Å². The number of aromatic nitrogens is 3. The molecule has 39 heavy (non-hydrogen) atoms. The standard InChI is InChI=1S/C35H22ClN3/c36-32-29-18-10-9-17-28(29)31(22-30(32)27-20-19-23-11-7-8-16-26(23)21-27)35-38-33(24-12-3-1-4-13-24)37-34(39-35)25-14-5-2-6-15-25/h1-22H. The smallest absolute Gasteiger partial charge is 0.164 e. The number of hydrogen-bond donors (Lipinski definition) is 0. The zero-order valence-corrected chi connectivity index (χ0v) is 21.7. The highest BCUT2D eigenvalue weighted by Crippen LogP contribution is 2.41. The highest BCUT2D eigenvalue weighted by molar-refractivity contribution is 6.39. The molecule has 1 heterocycles. The Morgan fingerprint density at radius 3 is 1.59 bits per heavy atom. The molecule has 0 aliphatic heterocycles. The Labute approximate surface area is 231 Å². The predicted molar refractivity (Wildman–Crippen MR) is 162 cm³/mol. The summed E-state index contributed by atoms with van der Waals surface area (Å²) in [5.41, 5.74) is 4.78. The largest absolute Gasteiger partial charge is 0.208 e. The summed E-state index contributed by atoms with van der Waals surface area (Å²) in [7, 11) is 0. The maximum absolute atomic E-state index is 7.09. The number of nitrogens with zero attached hydrogens (tertiary/aromatic N) is 3. The third-order valence-corrected chi connectivity index (χ3v) is 7.39. The minimum atomic E-state index is 0.609. The van der Waals surface area contributed by atoms with Crippen molar-refractivity contribution >= 4 is 33.1 Å². The summed E-state index contributed by atoms with van der Waals surface area (Å²) in [4.78, 5) is 14.9. The van der Waals surface area contributed by atoms with Gasteiger partial charge in [0.25, 0.3) is 0 Å². The van der Waals surface area contributed by atoms with Crippen LogP contribution in [0.5, 0.6) is 0 Å². The van der Waals surface area contributed by atoms with Gasteiger partial charge in [-0.2, -0.15) is 0 Å². The average Bonchev–Trinajstić information content (AvgIpc) is 3.02. The van der Waals surface area contributed by atoms with Crippen molar-refractivity contribution in [3.8, 4) is 45.3 Å². The molecule has 7 rings (SSSR count). The van der Waals surface area contributed by atoms with Gasteiger partial charge in [-0.05, 0) is 33.9 Å². The first-order valence-corrected chi connectivity index (χ1v) is 13.2. The van der Waals surface area contributed by atoms with E-state index in [0.29, 0.717) is 22.5 Å². The number of halogens is 1. The van der Waals surface area contributed by atoms with Gasteiger partial charge in [0.2, 0.25) is 0 Å². The molecular weight excluding hydrogens is 498 g/mol. The molecule has 7 aromatic rings. The lowest BCUT2D eigenvalue weighted by molar-refractivity contribution is 1.08. The van der Waals surface area contributed by atoms with Crippen molar-refractivity contribution in [1.82, 2.24) is 15.0 Å². The van der Waals surface area contributed by atoms with E-state index in [1.54, 1.807) is 0 Å². The molecule has 0 N–H and O–H groups in total. The lowest BCUT2D eigenvalue weighted by atomic mass is 9.94. The Bertz CT molecular complexity index is 1910. The van der Waals surface area contributed by atoms with Crippen molar-refractivity contribution in [3.05, 3.63) is 138 Å². The second kappa shape index (κ2) is 9.79. The van der Waals surface area contributed by atoms with E-state index in [-0.39, 0.29) is 0 Å². The van der Waals surface area contributed by atoms with Crippen molar-refractivity contribution in [1.29, 1.82) is 0 Å². The van der Waals surface area contributed by atoms with E-state index in [1.165, 1.54) is 10.8 Å². The summed E-state index contributed by atoms with van der Waals surface area (Å²) in [6, 6.07) is 45.2. The molecule has 0 saturated heterocycles. The Hall–Kier alpha value is -4.86. The van der Waals surface area contributed by atoms with E-state index in [0.717, 1.165) is 38.6 Å². The number of hydrogen-bond acceptors (Lipinski definition) is 3. The van der Waals surface area contributed by atoms with Crippen LogP contribution in [0.4, 0.5) is 0 Å². The van der Waals surface area contributed by atoms with Crippen LogP contribution in [0.25, 0.3) is 66.8 Å². The zero-order chi connectivity index (χ0) is 26.2. The fraction of sp³-hybridized carbons (Fsp3) is 0. The van der Waals surface area contributed by atoms with Gasteiger partial charge >= 0.3 is 0 Å². The molecule has 0 fully saturated rings. The minimum Gasteiger partial charge on any atom is -0.208 e. The molecule has 0 bridgehead atoms. The van der Waals surface area contributed by atoms with Crippen molar-refractivity contribution in [2.24, 2.45) is 0 Å². The van der Waals surface area contributed by atoms with E-state index in [2.05, 4.69) is 60.7 Å². The third kappa shape index (κ3) is 4.33. The van der Waals surface area contributed by atoms with Gasteiger partial charge in [0.05, 0.1) is 5.02 Å². The molecule has 184 valence electrons. The molecule has 1 aromatic heterocycles. The van der Waals surface area contributed by atoms with Crippen molar-refractivity contribution in [3.63, 3.8) is 0 Å². The van der Waals surface area contributed by atoms with E-state index in [4.69, 9.17) is 26.6 Å². The van der Waals surface area contributed by atoms with Crippen molar-refractivity contribution in [2.75, 3.05) is 0 Å². The third-order valence-electron chi connectivity index (χ3n) is 6.98. The molecule has 0 unspecified atom stereocenters. The monoisotopic (exact) mass is 519 g/mol. The Kier molecular flexibility index (Phi) is 5.84. The molecule has 0 saturated carbocycles. The molecule has 0 radical (unpaired) electrons. The predicted octanol–water partition coefficient (Wildman–Crippen LogP) is 9.50. The van der Waals surface area contributed by atoms with Crippen LogP contribution in [0.2, 0.25) is 5.02 Å². The van der Waals surface area contributed by atoms with Crippen LogP contribution in [0.3, 0.4) is 0 Å². The van der Waals surface area contributed by atoms with Crippen LogP contribution >= 0.6 is 11.6 Å². The molecule has 0 aliphatic rings. The van der Waals surface area contributed by atoms with E-state index >= 15 is 0 Å². The highest BCUT2D eigenvalue weighted by atomic mass is 35.5. The van der Waals surface area contributed by atoms with E-state index < -0.39 is 0 Å². The molecule has 6 aromatic carbocycles. The summed E-state index contributed by atoms with van der Waals surface area (Å²) >= 11 is 7.09. The van der Waals surface area contributed by atoms with Crippen LogP contribution in [-0.2, 0) is 0 Å². The van der Waals surface area contributed by atoms with Crippen LogP contribution < -0.4 is 0 Å². The van der Waals surface area contributed by atoms with Crippen LogP contribution in [-0.4, -0.2) is 15.0 Å². The van der Waals surface area contributed by atoms with Gasteiger partial charge in [-0.1, -0.05) is 133 Å². The van der Waals surface area contributed by atoms with Gasteiger partial charge < -0.3 is 0 Å². The first-order valence-electron chi connectivity index (χ1n) is 12.8. The lowest BCUT2D eigenvalue weighted by Gasteiger charge is -2.15. The molecule has 3 nitrogen and oxygen atoms in total. The molecule has 0 aliphatic carbocycles. The maximum atomic E-state index is 7.09. The second-order valence-corrected chi connectivity index (χ2v) is 9.81. The molecule has 4 heteroatoms. The van der Waals surface area contributed by atoms with Gasteiger partial charge in [-0.15, -0.1) is 0 Å². The first-order chi connectivity index (χ1) is 19.2. The Morgan fingerprint density at radius 1 is 0.385 bits per heavy atom. The summed E-state index contributed by atoms with van der Waals surface area (Å²) in [5, 5.41) is 5.03. The molecular formula is C35H22ClN3. The fourth-order valence-electron chi connectivity index (χ4n) is 5.02. The summed E-state index contributed by atoms with van der Waals surface area (Å²) in [5.74, 6) is 1.87. The van der Waals surface area contributed by atoms with Crippen LogP contribution in [0.15, 0.2) is 133 Å². The number of fused-ring (bicyclic) bond motifs is 2. The van der Waals surface area contributed by atoms with Gasteiger partial charge in [0, 0.05) is 27.6 Å². The fourth-order valence-corrected chi connectivity index (χ4v) is 5.35. The second-order valence-electron chi connectivity index (χ2n) is 9.43. The number of rotatable bonds is 4. The van der Waals surface area contributed by atoms with Gasteiger partial charge in [-0.3, -0.25) is 0 Å². The summed E-state index contributed by atoms with van der Waals surface area (Å²) in [6.45, 7) is 0. The van der Waals surface area contributed by atoms with E-state index in [9.17, 15) is 0 Å². The highest BCUT2D eigenvalue weighted by Gasteiger charge is 2.18. The molecule has 0 amide bonds. The quantitative estimate of drug-likeness (QED) is 0.232. The van der Waals surface area contributed by atoms with Gasteiger partial charge in [0.15, 0.2) is 17.5 Å². The number of benzene rings is 6. The van der Waals surface area contributed by atoms with Crippen LogP contribution in [0.1, 0.15) is 0 Å². The zero-order valence-electron chi connectivity index (χ0n) is 20.9. The maximum Gasteiger partial charge on any atom is 0.164 e. The minimum absolute atomic E-state index is 0.609. The SMILES string of the molecule is Clc1c(-c2ccc3ccccc3c2)cc(-c2nc(-c3ccccc3)nc(-c3ccccc3)n2)c2ccccc12. The first kappa shape index (κ1) is 23.3. The normalized spacial score (nSPS) is 11.2. The Balaban J connectivity index is 1.51. The average molecular weight is 520 g/mol. The van der Waals surface area contributed by atoms with Crippen molar-refractivity contribution in [2.45, 2.75) is 0 Å². The van der Waals surface area contributed by atoms with Crippen LogP contribution in [0, 0.1) is 0 Å². The molecule has 0 spiro atoms. The summed E-state index contributed by atoms with van der Waals surface area (Å²) in [6.07, 6.45) is 0. The topological polar surface area (TPSA) is 38.7 Å². The lowest BCUT2D eigenvalue weighted by Crippen LogP contribution is -2.01. The summed E-state index contributed by atoms with van der Waals surface area (Å²) < 4.78 is 0. The van der Waals surface area contributed by atoms with Gasteiger partial charge in [0.1, 0.15) is 0 Å². The Morgan fingerprint density at radius 2 is 0.923 bits per heavy atom. The van der Waals surface area contributed by atoms with Crippen molar-refractivity contribution < 1.29 is 0 Å². The van der Waals surface area contributed by atoms with Gasteiger partial charge in [-0.25, -0.2) is 15.0 Å². The molecule has 0 atom stereocenters.